The normalized spacial score (nSPS) is 26.1. The Bertz CT molecular complexity index is 675. The van der Waals surface area contributed by atoms with Crippen LogP contribution in [-0.4, -0.2) is 100 Å². The maximum Gasteiger partial charge on any atom is 0.410 e. The maximum atomic E-state index is 12.4. The van der Waals surface area contributed by atoms with Crippen molar-refractivity contribution in [2.75, 3.05) is 45.8 Å². The van der Waals surface area contributed by atoms with Crippen molar-refractivity contribution >= 4 is 18.0 Å². The van der Waals surface area contributed by atoms with Crippen molar-refractivity contribution in [2.24, 2.45) is 11.3 Å². The van der Waals surface area contributed by atoms with Gasteiger partial charge in [0.15, 0.2) is 0 Å². The van der Waals surface area contributed by atoms with Crippen LogP contribution in [0.1, 0.15) is 52.9 Å². The molecule has 1 unspecified atom stereocenters. The first-order valence-corrected chi connectivity index (χ1v) is 11.4. The van der Waals surface area contributed by atoms with Crippen LogP contribution in [0.3, 0.4) is 0 Å². The molecule has 3 rings (SSSR count). The third kappa shape index (κ3) is 5.88. The van der Waals surface area contributed by atoms with Crippen molar-refractivity contribution in [3.05, 3.63) is 0 Å². The Labute approximate surface area is 184 Å². The second-order valence-corrected chi connectivity index (χ2v) is 10.5. The van der Waals surface area contributed by atoms with E-state index in [0.29, 0.717) is 44.9 Å². The zero-order valence-corrected chi connectivity index (χ0v) is 19.0. The zero-order valence-electron chi connectivity index (χ0n) is 19.0. The highest BCUT2D eigenvalue weighted by Crippen LogP contribution is 2.36. The molecule has 9 nitrogen and oxygen atoms in total. The molecule has 1 atom stereocenters. The Hall–Kier alpha value is -1.87. The number of carboxylic acid groups (broad SMARTS) is 2. The van der Waals surface area contributed by atoms with Crippen LogP contribution in [0.25, 0.3) is 0 Å². The zero-order chi connectivity index (χ0) is 22.8. The van der Waals surface area contributed by atoms with Crippen LogP contribution in [0.5, 0.6) is 0 Å². The molecule has 0 aliphatic carbocycles. The second-order valence-electron chi connectivity index (χ2n) is 10.5. The number of hydrogen-bond acceptors (Lipinski definition) is 6. The van der Waals surface area contributed by atoms with Gasteiger partial charge in [0.1, 0.15) is 6.10 Å². The predicted molar refractivity (Wildman–Crippen MR) is 114 cm³/mol. The molecule has 0 radical (unpaired) electrons. The number of piperidine rings is 2. The highest BCUT2D eigenvalue weighted by atomic mass is 16.6. The fourth-order valence-corrected chi connectivity index (χ4v) is 5.12. The third-order valence-corrected chi connectivity index (χ3v) is 7.21. The van der Waals surface area contributed by atoms with Gasteiger partial charge in [-0.05, 0) is 78.6 Å². The number of aliphatic carboxylic acids is 2. The quantitative estimate of drug-likeness (QED) is 0.619. The Balaban J connectivity index is 1.44. The fourth-order valence-electron chi connectivity index (χ4n) is 5.12. The van der Waals surface area contributed by atoms with Crippen molar-refractivity contribution in [3.63, 3.8) is 0 Å². The molecule has 0 spiro atoms. The van der Waals surface area contributed by atoms with E-state index in [1.165, 1.54) is 0 Å². The topological polar surface area (TPSA) is 111 Å². The lowest BCUT2D eigenvalue weighted by atomic mass is 9.75. The number of hydrogen-bond donors (Lipinski definition) is 2. The van der Waals surface area contributed by atoms with Crippen molar-refractivity contribution in [3.8, 4) is 0 Å². The predicted octanol–water partition coefficient (Wildman–Crippen LogP) is 1.96. The van der Waals surface area contributed by atoms with Gasteiger partial charge in [0.05, 0.1) is 18.4 Å². The molecule has 31 heavy (non-hydrogen) atoms. The number of nitrogens with zero attached hydrogens (tertiary/aromatic N) is 3. The SMILES string of the molecule is CC(C)(C)N1CCC(CN2CC(CN3CCC(CC(=O)O)(C(=O)O)CC3)OC2=O)CC1. The lowest BCUT2D eigenvalue weighted by molar-refractivity contribution is -0.159. The third-order valence-electron chi connectivity index (χ3n) is 7.21. The molecule has 2 N–H and O–H groups in total. The molecule has 3 aliphatic rings. The van der Waals surface area contributed by atoms with Gasteiger partial charge in [-0.15, -0.1) is 0 Å². The number of carbonyl (C=O) groups excluding carboxylic acids is 1. The van der Waals surface area contributed by atoms with Crippen LogP contribution in [0.4, 0.5) is 4.79 Å². The van der Waals surface area contributed by atoms with Gasteiger partial charge in [0.2, 0.25) is 0 Å². The van der Waals surface area contributed by atoms with Gasteiger partial charge in [-0.3, -0.25) is 19.4 Å². The van der Waals surface area contributed by atoms with E-state index in [2.05, 4.69) is 30.6 Å². The van der Waals surface area contributed by atoms with E-state index in [1.807, 2.05) is 4.90 Å². The minimum atomic E-state index is -1.19. The number of cyclic esters (lactones) is 1. The molecule has 0 aromatic rings. The summed E-state index contributed by atoms with van der Waals surface area (Å²) in [5, 5.41) is 18.6. The standard InChI is InChI=1S/C22H37N3O6/c1-21(2,3)25-8-4-16(5-9-25)13-24-15-17(31-20(24)30)14-23-10-6-22(7-11-23,19(28)29)12-18(26)27/h16-17H,4-15H2,1-3H3,(H,26,27)(H,28,29). The van der Waals surface area contributed by atoms with E-state index in [4.69, 9.17) is 9.84 Å². The van der Waals surface area contributed by atoms with Crippen LogP contribution in [0.15, 0.2) is 0 Å². The lowest BCUT2D eigenvalue weighted by Gasteiger charge is -2.41. The van der Waals surface area contributed by atoms with E-state index >= 15 is 0 Å². The van der Waals surface area contributed by atoms with E-state index < -0.39 is 17.4 Å². The first kappa shape index (κ1) is 23.8. The average molecular weight is 440 g/mol. The van der Waals surface area contributed by atoms with Crippen molar-refractivity contribution in [1.82, 2.24) is 14.7 Å². The summed E-state index contributed by atoms with van der Waals surface area (Å²) in [6, 6.07) is 0. The average Bonchev–Trinajstić information content (AvgIpc) is 3.01. The highest BCUT2D eigenvalue weighted by molar-refractivity contribution is 5.81. The number of carboxylic acids is 2. The van der Waals surface area contributed by atoms with Crippen LogP contribution in [0, 0.1) is 11.3 Å². The summed E-state index contributed by atoms with van der Waals surface area (Å²) >= 11 is 0. The maximum absolute atomic E-state index is 12.4. The summed E-state index contributed by atoms with van der Waals surface area (Å²) in [6.45, 7) is 11.7. The number of rotatable bonds is 7. The number of likely N-dealkylation sites (tertiary alicyclic amines) is 2. The molecule has 0 aromatic carbocycles. The van der Waals surface area contributed by atoms with Gasteiger partial charge in [-0.2, -0.15) is 0 Å². The van der Waals surface area contributed by atoms with Crippen molar-refractivity contribution in [1.29, 1.82) is 0 Å². The highest BCUT2D eigenvalue weighted by Gasteiger charge is 2.44. The summed E-state index contributed by atoms with van der Waals surface area (Å²) in [6.07, 6.45) is 1.93. The molecular formula is C22H37N3O6. The number of amides is 1. The molecule has 3 fully saturated rings. The van der Waals surface area contributed by atoms with Crippen LogP contribution >= 0.6 is 0 Å². The van der Waals surface area contributed by atoms with Crippen molar-refractivity contribution in [2.45, 2.75) is 64.5 Å². The van der Waals surface area contributed by atoms with Crippen LogP contribution in [0.2, 0.25) is 0 Å². The second kappa shape index (κ2) is 9.32. The molecule has 3 saturated heterocycles. The lowest BCUT2D eigenvalue weighted by Crippen LogP contribution is -2.48. The van der Waals surface area contributed by atoms with E-state index in [0.717, 1.165) is 32.5 Å². The molecule has 1 amide bonds. The van der Waals surface area contributed by atoms with Crippen LogP contribution < -0.4 is 0 Å². The fraction of sp³-hybridized carbons (Fsp3) is 0.864. The molecule has 0 aromatic heterocycles. The summed E-state index contributed by atoms with van der Waals surface area (Å²) in [5.41, 5.74) is -1.01. The van der Waals surface area contributed by atoms with Gasteiger partial charge in [-0.1, -0.05) is 0 Å². The number of ether oxygens (including phenoxy) is 1. The van der Waals surface area contributed by atoms with Crippen molar-refractivity contribution < 1.29 is 29.3 Å². The summed E-state index contributed by atoms with van der Waals surface area (Å²) in [5.74, 6) is -1.62. The molecule has 3 aliphatic heterocycles. The Morgan fingerprint density at radius 1 is 1.06 bits per heavy atom. The largest absolute Gasteiger partial charge is 0.481 e. The summed E-state index contributed by atoms with van der Waals surface area (Å²) in [4.78, 5) is 41.5. The van der Waals surface area contributed by atoms with Gasteiger partial charge in [0.25, 0.3) is 0 Å². The Morgan fingerprint density at radius 2 is 1.68 bits per heavy atom. The van der Waals surface area contributed by atoms with Gasteiger partial charge in [0, 0.05) is 18.6 Å². The van der Waals surface area contributed by atoms with E-state index in [1.54, 1.807) is 0 Å². The molecule has 9 heteroatoms. The van der Waals surface area contributed by atoms with Gasteiger partial charge >= 0.3 is 18.0 Å². The molecule has 0 saturated carbocycles. The van der Waals surface area contributed by atoms with Crippen LogP contribution in [-0.2, 0) is 14.3 Å². The molecule has 3 heterocycles. The number of carbonyl (C=O) groups is 3. The monoisotopic (exact) mass is 439 g/mol. The Morgan fingerprint density at radius 3 is 2.19 bits per heavy atom. The minimum absolute atomic E-state index is 0.180. The molecule has 0 bridgehead atoms. The first-order chi connectivity index (χ1) is 14.5. The van der Waals surface area contributed by atoms with E-state index in [-0.39, 0.29) is 24.2 Å². The molecular weight excluding hydrogens is 402 g/mol. The summed E-state index contributed by atoms with van der Waals surface area (Å²) < 4.78 is 5.58. The minimum Gasteiger partial charge on any atom is -0.481 e. The Kier molecular flexibility index (Phi) is 7.15. The summed E-state index contributed by atoms with van der Waals surface area (Å²) in [7, 11) is 0. The van der Waals surface area contributed by atoms with Gasteiger partial charge in [-0.25, -0.2) is 4.79 Å². The smallest absolute Gasteiger partial charge is 0.410 e. The van der Waals surface area contributed by atoms with E-state index in [9.17, 15) is 19.5 Å². The first-order valence-electron chi connectivity index (χ1n) is 11.4. The molecule has 176 valence electrons. The van der Waals surface area contributed by atoms with Gasteiger partial charge < -0.3 is 19.8 Å².